The van der Waals surface area contributed by atoms with Crippen molar-refractivity contribution < 1.29 is 23.4 Å². The minimum atomic E-state index is -1.14. The minimum absolute atomic E-state index is 0.00104. The first-order valence-electron chi connectivity index (χ1n) is 16.7. The van der Waals surface area contributed by atoms with Gasteiger partial charge in [-0.15, -0.1) is 5.11 Å². The van der Waals surface area contributed by atoms with Crippen LogP contribution in [0.25, 0.3) is 0 Å². The third kappa shape index (κ3) is 5.63. The standard InChI is InChI=1S/C34H47FN6O4/c1-20-16-37-30-34(29(39-40-30)25-8-6-7-13-44-25)10-9-22(23(28(20)34)15-33(35)11-12-33)24-17-36-27(14-26(24)43-5)38-21-18-41(19-21)31(42)45-32(2,3)4/h9-10,14,17,20-23,25,28-29H,6-8,11-13,15-16,18-19H2,1-5H3,(H,36,38)/t20-,22-,23?,25?,28?,29?,34?/m0/s1. The maximum absolute atomic E-state index is 15.8. The second-order valence-corrected chi connectivity index (χ2v) is 15.1. The Morgan fingerprint density at radius 1 is 1.24 bits per heavy atom. The lowest BCUT2D eigenvalue weighted by Gasteiger charge is -2.53. The van der Waals surface area contributed by atoms with E-state index in [9.17, 15) is 4.79 Å². The maximum Gasteiger partial charge on any atom is 0.410 e. The number of amidine groups is 1. The summed E-state index contributed by atoms with van der Waals surface area (Å²) in [6, 6.07) is 1.85. The van der Waals surface area contributed by atoms with E-state index in [4.69, 9.17) is 29.3 Å². The van der Waals surface area contributed by atoms with Crippen molar-refractivity contribution in [3.63, 3.8) is 0 Å². The van der Waals surface area contributed by atoms with Crippen LogP contribution in [0.1, 0.15) is 77.7 Å². The van der Waals surface area contributed by atoms with Crippen molar-refractivity contribution in [1.29, 1.82) is 0 Å². The zero-order valence-electron chi connectivity index (χ0n) is 27.2. The molecule has 45 heavy (non-hydrogen) atoms. The normalized spacial score (nSPS) is 35.2. The molecule has 2 saturated heterocycles. The number of ether oxygens (including phenoxy) is 3. The molecule has 7 rings (SSSR count). The molecule has 1 aromatic heterocycles. The minimum Gasteiger partial charge on any atom is -0.496 e. The van der Waals surface area contributed by atoms with Crippen molar-refractivity contribution in [3.05, 3.63) is 30.0 Å². The highest BCUT2D eigenvalue weighted by Crippen LogP contribution is 2.62. The van der Waals surface area contributed by atoms with Gasteiger partial charge < -0.3 is 24.4 Å². The number of rotatable bonds is 7. The van der Waals surface area contributed by atoms with Crippen LogP contribution in [-0.4, -0.2) is 84.6 Å². The van der Waals surface area contributed by atoms with Gasteiger partial charge in [-0.3, -0.25) is 4.99 Å². The van der Waals surface area contributed by atoms with Crippen molar-refractivity contribution in [2.75, 3.05) is 38.7 Å². The summed E-state index contributed by atoms with van der Waals surface area (Å²) in [6.07, 6.45) is 10.9. The van der Waals surface area contributed by atoms with E-state index in [0.717, 1.165) is 43.0 Å². The number of methoxy groups -OCH3 is 1. The Kier molecular flexibility index (Phi) is 7.69. The number of alkyl halides is 1. The summed E-state index contributed by atoms with van der Waals surface area (Å²) in [5.41, 5.74) is -1.19. The molecule has 0 radical (unpaired) electrons. The van der Waals surface area contributed by atoms with Crippen molar-refractivity contribution in [1.82, 2.24) is 9.88 Å². The van der Waals surface area contributed by atoms with Crippen LogP contribution in [0.2, 0.25) is 0 Å². The first-order chi connectivity index (χ1) is 21.5. The molecular weight excluding hydrogens is 575 g/mol. The molecular formula is C34H47FN6O4. The molecule has 1 N–H and O–H groups in total. The molecule has 1 spiro atoms. The zero-order valence-corrected chi connectivity index (χ0v) is 27.2. The molecule has 6 aliphatic rings. The third-order valence-electron chi connectivity index (χ3n) is 10.7. The van der Waals surface area contributed by atoms with Crippen molar-refractivity contribution in [2.45, 2.75) is 102 Å². The Morgan fingerprint density at radius 2 is 2.04 bits per heavy atom. The van der Waals surface area contributed by atoms with E-state index in [1.165, 1.54) is 0 Å². The lowest BCUT2D eigenvalue weighted by Crippen LogP contribution is -2.58. The maximum atomic E-state index is 15.8. The molecule has 5 unspecified atom stereocenters. The van der Waals surface area contributed by atoms with E-state index < -0.39 is 16.7 Å². The summed E-state index contributed by atoms with van der Waals surface area (Å²) < 4.78 is 33.6. The summed E-state index contributed by atoms with van der Waals surface area (Å²) >= 11 is 0. The summed E-state index contributed by atoms with van der Waals surface area (Å²) in [7, 11) is 1.68. The predicted octanol–water partition coefficient (Wildman–Crippen LogP) is 6.34. The summed E-state index contributed by atoms with van der Waals surface area (Å²) in [4.78, 5) is 23.8. The van der Waals surface area contributed by atoms with Gasteiger partial charge >= 0.3 is 6.09 Å². The van der Waals surface area contributed by atoms with Crippen LogP contribution in [0.5, 0.6) is 5.75 Å². The molecule has 4 aliphatic heterocycles. The highest BCUT2D eigenvalue weighted by molar-refractivity contribution is 5.94. The fourth-order valence-corrected chi connectivity index (χ4v) is 8.41. The van der Waals surface area contributed by atoms with E-state index in [0.29, 0.717) is 44.7 Å². The van der Waals surface area contributed by atoms with E-state index in [-0.39, 0.29) is 48.0 Å². The SMILES string of the molecule is COc1cc(NC2CN(C(=O)OC(C)(C)C)C2)ncc1[C@H]1C=CC23C(=NC[C@H](C)C2C1CC1(F)CC1)N=NC3C1CCCCO1. The van der Waals surface area contributed by atoms with E-state index in [1.807, 2.05) is 33.0 Å². The van der Waals surface area contributed by atoms with Crippen molar-refractivity contribution in [2.24, 2.45) is 38.4 Å². The number of anilines is 1. The van der Waals surface area contributed by atoms with Crippen LogP contribution in [0.3, 0.4) is 0 Å². The fourth-order valence-electron chi connectivity index (χ4n) is 8.41. The topological polar surface area (TPSA) is 110 Å². The Hall–Kier alpha value is -3.08. The number of nitrogens with zero attached hydrogens (tertiary/aromatic N) is 5. The number of aromatic nitrogens is 1. The van der Waals surface area contributed by atoms with E-state index in [2.05, 4.69) is 29.5 Å². The van der Waals surface area contributed by atoms with E-state index >= 15 is 4.39 Å². The van der Waals surface area contributed by atoms with Crippen LogP contribution in [0.4, 0.5) is 15.0 Å². The molecule has 0 bridgehead atoms. The smallest absolute Gasteiger partial charge is 0.410 e. The number of azo groups is 1. The zero-order chi connectivity index (χ0) is 31.6. The van der Waals surface area contributed by atoms with Gasteiger partial charge in [0.2, 0.25) is 0 Å². The number of amides is 1. The van der Waals surface area contributed by atoms with Crippen LogP contribution in [0.15, 0.2) is 39.6 Å². The first-order valence-corrected chi connectivity index (χ1v) is 16.7. The molecule has 0 aromatic carbocycles. The average molecular weight is 623 g/mol. The number of hydrogen-bond acceptors (Lipinski definition) is 9. The molecule has 3 fully saturated rings. The number of pyridine rings is 1. The quantitative estimate of drug-likeness (QED) is 0.356. The van der Waals surface area contributed by atoms with Crippen LogP contribution < -0.4 is 10.1 Å². The van der Waals surface area contributed by atoms with Gasteiger partial charge in [-0.25, -0.2) is 14.2 Å². The highest BCUT2D eigenvalue weighted by atomic mass is 19.1. The molecule has 1 amide bonds. The largest absolute Gasteiger partial charge is 0.496 e. The van der Waals surface area contributed by atoms with Crippen LogP contribution in [0, 0.1) is 23.2 Å². The fraction of sp³-hybridized carbons (Fsp3) is 0.735. The van der Waals surface area contributed by atoms with Gasteiger partial charge in [-0.1, -0.05) is 19.1 Å². The number of allylic oxidation sites excluding steroid dienone is 1. The Bertz CT molecular complexity index is 1390. The van der Waals surface area contributed by atoms with E-state index in [1.54, 1.807) is 12.0 Å². The predicted molar refractivity (Wildman–Crippen MR) is 169 cm³/mol. The molecule has 7 atom stereocenters. The molecule has 2 aliphatic carbocycles. The summed E-state index contributed by atoms with van der Waals surface area (Å²) in [6.45, 7) is 10.3. The van der Waals surface area contributed by atoms with Gasteiger partial charge in [-0.2, -0.15) is 5.11 Å². The van der Waals surface area contributed by atoms with Gasteiger partial charge in [0.1, 0.15) is 28.9 Å². The van der Waals surface area contributed by atoms with Gasteiger partial charge in [-0.05, 0) is 77.0 Å². The molecule has 244 valence electrons. The number of likely N-dealkylation sites (tertiary alicyclic amines) is 1. The van der Waals surface area contributed by atoms with Gasteiger partial charge in [0.05, 0.1) is 24.7 Å². The average Bonchev–Trinajstić information content (AvgIpc) is 3.59. The first kappa shape index (κ1) is 30.6. The van der Waals surface area contributed by atoms with Crippen molar-refractivity contribution >= 4 is 17.7 Å². The molecule has 5 heterocycles. The van der Waals surface area contributed by atoms with Gasteiger partial charge in [0, 0.05) is 50.0 Å². The molecule has 11 heteroatoms. The summed E-state index contributed by atoms with van der Waals surface area (Å²) in [5.74, 6) is 2.46. The molecule has 1 aromatic rings. The second-order valence-electron chi connectivity index (χ2n) is 15.1. The number of nitrogens with one attached hydrogen (secondary N) is 1. The Balaban J connectivity index is 1.17. The number of hydrogen-bond donors (Lipinski definition) is 1. The number of carbonyl (C=O) groups is 1. The van der Waals surface area contributed by atoms with Gasteiger partial charge in [0.15, 0.2) is 5.84 Å². The number of carbonyl (C=O) groups excluding carboxylic acids is 1. The summed E-state index contributed by atoms with van der Waals surface area (Å²) in [5, 5.41) is 12.9. The molecule has 1 saturated carbocycles. The Morgan fingerprint density at radius 3 is 2.73 bits per heavy atom. The molecule has 10 nitrogen and oxygen atoms in total. The number of aliphatic imine (C=N–C) groups is 1. The monoisotopic (exact) mass is 622 g/mol. The Labute approximate surface area is 265 Å². The lowest BCUT2D eigenvalue weighted by atomic mass is 9.51. The second kappa shape index (κ2) is 11.3. The lowest BCUT2D eigenvalue weighted by molar-refractivity contribution is -0.0356. The van der Waals surface area contributed by atoms with Crippen molar-refractivity contribution in [3.8, 4) is 5.75 Å². The third-order valence-corrected chi connectivity index (χ3v) is 10.7. The van der Waals surface area contributed by atoms with Gasteiger partial charge in [0.25, 0.3) is 0 Å². The van der Waals surface area contributed by atoms with Crippen LogP contribution in [-0.2, 0) is 9.47 Å². The highest BCUT2D eigenvalue weighted by Gasteiger charge is 2.63. The van der Waals surface area contributed by atoms with Crippen LogP contribution >= 0.6 is 0 Å². The number of halogens is 1.